The molecule has 1 saturated carbocycles. The van der Waals surface area contributed by atoms with Gasteiger partial charge in [0, 0.05) is 10.9 Å². The van der Waals surface area contributed by atoms with E-state index in [4.69, 9.17) is 0 Å². The standard InChI is InChI=1S/C13H22N2S/c1-5-11-6-7-12(8(11)2)15-13-14-9(3)10(4)16-13/h8,11-12H,5-7H2,1-4H3,(H,14,15). The summed E-state index contributed by atoms with van der Waals surface area (Å²) in [5.41, 5.74) is 1.17. The summed E-state index contributed by atoms with van der Waals surface area (Å²) >= 11 is 1.79. The molecule has 0 aromatic carbocycles. The molecule has 1 N–H and O–H groups in total. The number of hydrogen-bond acceptors (Lipinski definition) is 3. The van der Waals surface area contributed by atoms with Crippen LogP contribution in [0.15, 0.2) is 0 Å². The molecule has 3 unspecified atom stereocenters. The summed E-state index contributed by atoms with van der Waals surface area (Å²) in [5.74, 6) is 1.69. The molecule has 3 heteroatoms. The first-order valence-electron chi connectivity index (χ1n) is 6.32. The molecule has 2 nitrogen and oxygen atoms in total. The van der Waals surface area contributed by atoms with Gasteiger partial charge in [-0.3, -0.25) is 0 Å². The lowest BCUT2D eigenvalue weighted by Gasteiger charge is -2.20. The summed E-state index contributed by atoms with van der Waals surface area (Å²) in [6.45, 7) is 8.92. The zero-order chi connectivity index (χ0) is 11.7. The Bertz CT molecular complexity index is 339. The van der Waals surface area contributed by atoms with Crippen molar-refractivity contribution in [1.82, 2.24) is 4.98 Å². The first-order valence-corrected chi connectivity index (χ1v) is 7.14. The van der Waals surface area contributed by atoms with E-state index in [1.165, 1.54) is 29.8 Å². The Labute approximate surface area is 102 Å². The number of aryl methyl sites for hydroxylation is 2. The fraction of sp³-hybridized carbons (Fsp3) is 0.769. The van der Waals surface area contributed by atoms with Crippen LogP contribution in [0.25, 0.3) is 0 Å². The van der Waals surface area contributed by atoms with Crippen LogP contribution in [0.4, 0.5) is 5.13 Å². The van der Waals surface area contributed by atoms with Crippen molar-refractivity contribution in [3.63, 3.8) is 0 Å². The van der Waals surface area contributed by atoms with Crippen LogP contribution in [0.2, 0.25) is 0 Å². The van der Waals surface area contributed by atoms with Crippen LogP contribution in [-0.2, 0) is 0 Å². The second kappa shape index (κ2) is 4.74. The van der Waals surface area contributed by atoms with Crippen LogP contribution in [0, 0.1) is 25.7 Å². The van der Waals surface area contributed by atoms with Gasteiger partial charge in [-0.1, -0.05) is 20.3 Å². The lowest BCUT2D eigenvalue weighted by molar-refractivity contribution is 0.392. The summed E-state index contributed by atoms with van der Waals surface area (Å²) in [6, 6.07) is 0.634. The van der Waals surface area contributed by atoms with Gasteiger partial charge in [-0.2, -0.15) is 0 Å². The molecular weight excluding hydrogens is 216 g/mol. The van der Waals surface area contributed by atoms with E-state index in [-0.39, 0.29) is 0 Å². The lowest BCUT2D eigenvalue weighted by atomic mass is 9.94. The topological polar surface area (TPSA) is 24.9 Å². The molecule has 0 bridgehead atoms. The minimum absolute atomic E-state index is 0.634. The molecule has 0 amide bonds. The van der Waals surface area contributed by atoms with E-state index < -0.39 is 0 Å². The van der Waals surface area contributed by atoms with E-state index in [0.717, 1.165) is 17.0 Å². The van der Waals surface area contributed by atoms with Crippen molar-refractivity contribution in [3.8, 4) is 0 Å². The predicted molar refractivity (Wildman–Crippen MR) is 71.2 cm³/mol. The van der Waals surface area contributed by atoms with E-state index in [2.05, 4.69) is 38.0 Å². The van der Waals surface area contributed by atoms with E-state index in [0.29, 0.717) is 6.04 Å². The third-order valence-corrected chi connectivity index (χ3v) is 5.09. The average Bonchev–Trinajstić information content (AvgIpc) is 2.74. The average molecular weight is 238 g/mol. The van der Waals surface area contributed by atoms with Crippen LogP contribution < -0.4 is 5.32 Å². The van der Waals surface area contributed by atoms with Gasteiger partial charge < -0.3 is 5.32 Å². The zero-order valence-electron chi connectivity index (χ0n) is 10.7. The molecule has 0 saturated heterocycles. The highest BCUT2D eigenvalue weighted by Crippen LogP contribution is 2.36. The van der Waals surface area contributed by atoms with Gasteiger partial charge in [0.15, 0.2) is 5.13 Å². The van der Waals surface area contributed by atoms with Crippen molar-refractivity contribution in [2.45, 2.75) is 53.0 Å². The first-order chi connectivity index (χ1) is 7.61. The third-order valence-electron chi connectivity index (χ3n) is 4.09. The number of anilines is 1. The maximum Gasteiger partial charge on any atom is 0.183 e. The van der Waals surface area contributed by atoms with E-state index in [1.54, 1.807) is 11.3 Å². The van der Waals surface area contributed by atoms with Crippen molar-refractivity contribution in [2.24, 2.45) is 11.8 Å². The molecular formula is C13H22N2S. The molecule has 16 heavy (non-hydrogen) atoms. The molecule has 2 rings (SSSR count). The normalized spacial score (nSPS) is 29.6. The first kappa shape index (κ1) is 11.9. The minimum atomic E-state index is 0.634. The molecule has 0 radical (unpaired) electrons. The summed E-state index contributed by atoms with van der Waals surface area (Å²) in [4.78, 5) is 5.90. The Morgan fingerprint density at radius 3 is 2.62 bits per heavy atom. The number of rotatable bonds is 3. The van der Waals surface area contributed by atoms with Crippen LogP contribution >= 0.6 is 11.3 Å². The highest BCUT2D eigenvalue weighted by atomic mass is 32.1. The SMILES string of the molecule is CCC1CCC(Nc2nc(C)c(C)s2)C1C. The Balaban J connectivity index is 2.00. The second-order valence-corrected chi connectivity index (χ2v) is 6.22. The molecule has 1 aliphatic carbocycles. The lowest BCUT2D eigenvalue weighted by Crippen LogP contribution is -2.24. The highest BCUT2D eigenvalue weighted by Gasteiger charge is 2.31. The second-order valence-electron chi connectivity index (χ2n) is 5.02. The fourth-order valence-corrected chi connectivity index (χ4v) is 3.60. The van der Waals surface area contributed by atoms with Crippen LogP contribution in [0.5, 0.6) is 0 Å². The fourth-order valence-electron chi connectivity index (χ4n) is 2.72. The molecule has 0 aliphatic heterocycles. The predicted octanol–water partition coefficient (Wildman–Crippen LogP) is 4.00. The highest BCUT2D eigenvalue weighted by molar-refractivity contribution is 7.15. The van der Waals surface area contributed by atoms with Crippen molar-refractivity contribution >= 4 is 16.5 Å². The Morgan fingerprint density at radius 1 is 1.38 bits per heavy atom. The van der Waals surface area contributed by atoms with Gasteiger partial charge in [-0.15, -0.1) is 11.3 Å². The van der Waals surface area contributed by atoms with Gasteiger partial charge in [-0.05, 0) is 38.5 Å². The Hall–Kier alpha value is -0.570. The number of nitrogens with zero attached hydrogens (tertiary/aromatic N) is 1. The summed E-state index contributed by atoms with van der Waals surface area (Å²) < 4.78 is 0. The van der Waals surface area contributed by atoms with Gasteiger partial charge in [0.05, 0.1) is 5.69 Å². The maximum absolute atomic E-state index is 4.57. The van der Waals surface area contributed by atoms with Crippen molar-refractivity contribution < 1.29 is 0 Å². The van der Waals surface area contributed by atoms with Gasteiger partial charge in [0.2, 0.25) is 0 Å². The van der Waals surface area contributed by atoms with Crippen LogP contribution in [0.1, 0.15) is 43.7 Å². The Kier molecular flexibility index (Phi) is 3.53. The molecule has 1 aliphatic rings. The Morgan fingerprint density at radius 2 is 2.12 bits per heavy atom. The number of hydrogen-bond donors (Lipinski definition) is 1. The molecule has 90 valence electrons. The molecule has 3 atom stereocenters. The molecule has 0 spiro atoms. The van der Waals surface area contributed by atoms with Crippen LogP contribution in [-0.4, -0.2) is 11.0 Å². The quantitative estimate of drug-likeness (QED) is 0.861. The van der Waals surface area contributed by atoms with Crippen molar-refractivity contribution in [3.05, 3.63) is 10.6 Å². The summed E-state index contributed by atoms with van der Waals surface area (Å²) in [6.07, 6.45) is 3.99. The monoisotopic (exact) mass is 238 g/mol. The molecule has 1 aromatic heterocycles. The summed E-state index contributed by atoms with van der Waals surface area (Å²) in [7, 11) is 0. The van der Waals surface area contributed by atoms with Gasteiger partial charge >= 0.3 is 0 Å². The molecule has 1 heterocycles. The smallest absolute Gasteiger partial charge is 0.183 e. The van der Waals surface area contributed by atoms with Crippen LogP contribution in [0.3, 0.4) is 0 Å². The van der Waals surface area contributed by atoms with E-state index >= 15 is 0 Å². The van der Waals surface area contributed by atoms with Gasteiger partial charge in [0.1, 0.15) is 0 Å². The maximum atomic E-state index is 4.57. The number of thiazole rings is 1. The number of nitrogens with one attached hydrogen (secondary N) is 1. The van der Waals surface area contributed by atoms with Crippen molar-refractivity contribution in [2.75, 3.05) is 5.32 Å². The zero-order valence-corrected chi connectivity index (χ0v) is 11.5. The molecule has 1 aromatic rings. The van der Waals surface area contributed by atoms with Gasteiger partial charge in [-0.25, -0.2) is 4.98 Å². The molecule has 1 fully saturated rings. The number of aromatic nitrogens is 1. The minimum Gasteiger partial charge on any atom is -0.358 e. The van der Waals surface area contributed by atoms with Crippen molar-refractivity contribution in [1.29, 1.82) is 0 Å². The van der Waals surface area contributed by atoms with E-state index in [9.17, 15) is 0 Å². The summed E-state index contributed by atoms with van der Waals surface area (Å²) in [5, 5.41) is 4.74. The largest absolute Gasteiger partial charge is 0.358 e. The van der Waals surface area contributed by atoms with E-state index in [1.807, 2.05) is 0 Å². The third kappa shape index (κ3) is 2.24. The van der Waals surface area contributed by atoms with Gasteiger partial charge in [0.25, 0.3) is 0 Å².